The number of ether oxygens (including phenoxy) is 2. The summed E-state index contributed by atoms with van der Waals surface area (Å²) in [6.45, 7) is 7.98. The number of amides is 2. The Morgan fingerprint density at radius 1 is 1.08 bits per heavy atom. The van der Waals surface area contributed by atoms with E-state index in [0.29, 0.717) is 35.1 Å². The van der Waals surface area contributed by atoms with Gasteiger partial charge in [-0.1, -0.05) is 13.8 Å². The molecule has 0 aliphatic carbocycles. The van der Waals surface area contributed by atoms with Crippen LogP contribution in [-0.4, -0.2) is 31.0 Å². The van der Waals surface area contributed by atoms with E-state index in [4.69, 9.17) is 9.47 Å². The van der Waals surface area contributed by atoms with Crippen LogP contribution in [0.1, 0.15) is 48.9 Å². The third-order valence-corrected chi connectivity index (χ3v) is 7.23. The van der Waals surface area contributed by atoms with Crippen molar-refractivity contribution in [3.63, 3.8) is 0 Å². The summed E-state index contributed by atoms with van der Waals surface area (Å²) in [5.41, 5.74) is 5.85. The normalized spacial score (nSPS) is 10.8. The lowest BCUT2D eigenvalue weighted by atomic mass is 10.0. The number of carbonyl (C=O) groups excluding carboxylic acids is 2. The molecule has 2 aromatic carbocycles. The summed E-state index contributed by atoms with van der Waals surface area (Å²) in [6, 6.07) is 11.3. The molecule has 0 saturated carbocycles. The van der Waals surface area contributed by atoms with Crippen molar-refractivity contribution < 1.29 is 19.1 Å². The summed E-state index contributed by atoms with van der Waals surface area (Å²) >= 11 is 2.01. The highest BCUT2D eigenvalue weighted by molar-refractivity contribution is 14.1. The van der Waals surface area contributed by atoms with E-state index in [1.165, 1.54) is 6.08 Å². The van der Waals surface area contributed by atoms with Gasteiger partial charge in [0.25, 0.3) is 0 Å². The van der Waals surface area contributed by atoms with Gasteiger partial charge < -0.3 is 20.1 Å². The minimum atomic E-state index is -0.315. The average molecular weight is 643 g/mol. The van der Waals surface area contributed by atoms with Crippen molar-refractivity contribution in [2.75, 3.05) is 28.0 Å². The number of rotatable bonds is 11. The van der Waals surface area contributed by atoms with Gasteiger partial charge in [0.05, 0.1) is 48.5 Å². The molecule has 0 saturated heterocycles. The summed E-state index contributed by atoms with van der Waals surface area (Å²) in [7, 11) is 3.20. The van der Waals surface area contributed by atoms with E-state index in [-0.39, 0.29) is 11.8 Å². The molecular formula is C30H35IN4O4. The van der Waals surface area contributed by atoms with Crippen molar-refractivity contribution >= 4 is 63.6 Å². The first kappa shape index (κ1) is 29.9. The fraction of sp³-hybridized carbons (Fsp3) is 0.300. The Kier molecular flexibility index (Phi) is 10.7. The number of halogens is 1. The number of benzene rings is 2. The smallest absolute Gasteiger partial charge is 0.248 e. The number of anilines is 4. The van der Waals surface area contributed by atoms with E-state index in [1.54, 1.807) is 35.7 Å². The van der Waals surface area contributed by atoms with Crippen LogP contribution in [0.4, 0.5) is 22.9 Å². The van der Waals surface area contributed by atoms with Gasteiger partial charge in [-0.3, -0.25) is 12.7 Å². The standard InChI is InChI=1S/C30H35IN4O4/c1-7-10-28(37)35(31)25-17-21(8-2)19(3)16-24(25)34-27(36)13-12-22-11-9-14-32-30(22)33-23-15-20(4)29(39-6)26(18-23)38-5/h9,11-18H,7-8,10H2,1-6H3,(H,32,33)(H,34,36)/b13-12+. The maximum absolute atomic E-state index is 13.0. The van der Waals surface area contributed by atoms with Gasteiger partial charge in [-0.25, -0.2) is 4.98 Å². The molecule has 2 N–H and O–H groups in total. The van der Waals surface area contributed by atoms with Crippen LogP contribution in [0.3, 0.4) is 0 Å². The quantitative estimate of drug-likeness (QED) is 0.131. The molecule has 9 heteroatoms. The topological polar surface area (TPSA) is 92.8 Å². The highest BCUT2D eigenvalue weighted by atomic mass is 127. The Labute approximate surface area is 244 Å². The van der Waals surface area contributed by atoms with Gasteiger partial charge >= 0.3 is 0 Å². The largest absolute Gasteiger partial charge is 0.493 e. The van der Waals surface area contributed by atoms with Crippen molar-refractivity contribution in [3.8, 4) is 11.5 Å². The highest BCUT2D eigenvalue weighted by Gasteiger charge is 2.18. The Hall–Kier alpha value is -3.60. The first-order valence-corrected chi connectivity index (χ1v) is 13.7. The van der Waals surface area contributed by atoms with Crippen molar-refractivity contribution in [1.82, 2.24) is 4.98 Å². The monoisotopic (exact) mass is 642 g/mol. The number of hydrogen-bond donors (Lipinski definition) is 2. The van der Waals surface area contributed by atoms with Crippen LogP contribution in [0.25, 0.3) is 6.08 Å². The molecule has 3 aromatic rings. The molecule has 1 heterocycles. The summed E-state index contributed by atoms with van der Waals surface area (Å²) in [6.07, 6.45) is 6.85. The molecule has 0 spiro atoms. The molecule has 0 radical (unpaired) electrons. The fourth-order valence-corrected chi connectivity index (χ4v) is 4.83. The number of aryl methyl sites for hydroxylation is 3. The molecule has 0 unspecified atom stereocenters. The van der Waals surface area contributed by atoms with Crippen molar-refractivity contribution in [1.29, 1.82) is 0 Å². The predicted molar refractivity (Wildman–Crippen MR) is 166 cm³/mol. The van der Waals surface area contributed by atoms with Crippen LogP contribution in [0.2, 0.25) is 0 Å². The van der Waals surface area contributed by atoms with Crippen molar-refractivity contribution in [3.05, 3.63) is 70.9 Å². The van der Waals surface area contributed by atoms with Crippen LogP contribution >= 0.6 is 22.9 Å². The van der Waals surface area contributed by atoms with Crippen LogP contribution in [-0.2, 0) is 16.0 Å². The van der Waals surface area contributed by atoms with E-state index < -0.39 is 0 Å². The molecule has 206 valence electrons. The summed E-state index contributed by atoms with van der Waals surface area (Å²) < 4.78 is 12.5. The van der Waals surface area contributed by atoms with Crippen LogP contribution in [0, 0.1) is 13.8 Å². The second kappa shape index (κ2) is 14.0. The first-order valence-electron chi connectivity index (χ1n) is 12.8. The lowest BCUT2D eigenvalue weighted by molar-refractivity contribution is -0.117. The zero-order valence-corrected chi connectivity index (χ0v) is 25.4. The van der Waals surface area contributed by atoms with Crippen LogP contribution in [0.15, 0.2) is 48.7 Å². The Morgan fingerprint density at radius 2 is 1.85 bits per heavy atom. The number of hydrogen-bond acceptors (Lipinski definition) is 6. The maximum atomic E-state index is 13.0. The Balaban J connectivity index is 1.85. The molecule has 1 aromatic heterocycles. The summed E-state index contributed by atoms with van der Waals surface area (Å²) in [5.74, 6) is 1.54. The van der Waals surface area contributed by atoms with E-state index in [1.807, 2.05) is 74.0 Å². The lowest BCUT2D eigenvalue weighted by Gasteiger charge is -2.21. The van der Waals surface area contributed by atoms with Gasteiger partial charge in [0, 0.05) is 36.0 Å². The minimum Gasteiger partial charge on any atom is -0.493 e. The first-order chi connectivity index (χ1) is 18.7. The number of nitrogens with zero attached hydrogens (tertiary/aromatic N) is 2. The van der Waals surface area contributed by atoms with Gasteiger partial charge in [-0.15, -0.1) is 0 Å². The maximum Gasteiger partial charge on any atom is 0.248 e. The number of methoxy groups -OCH3 is 2. The number of carbonyl (C=O) groups is 2. The zero-order valence-electron chi connectivity index (χ0n) is 23.2. The molecule has 0 fully saturated rings. The van der Waals surface area contributed by atoms with E-state index in [0.717, 1.165) is 40.8 Å². The second-order valence-electron chi connectivity index (χ2n) is 8.99. The fourth-order valence-electron chi connectivity index (χ4n) is 4.19. The molecule has 0 bridgehead atoms. The van der Waals surface area contributed by atoms with E-state index in [9.17, 15) is 9.59 Å². The molecule has 2 amide bonds. The third-order valence-electron chi connectivity index (χ3n) is 6.17. The Morgan fingerprint density at radius 3 is 2.51 bits per heavy atom. The minimum absolute atomic E-state index is 0.00785. The molecule has 8 nitrogen and oxygen atoms in total. The van der Waals surface area contributed by atoms with Gasteiger partial charge in [0.1, 0.15) is 5.82 Å². The molecule has 0 atom stereocenters. The molecule has 39 heavy (non-hydrogen) atoms. The van der Waals surface area contributed by atoms with Crippen molar-refractivity contribution in [2.45, 2.75) is 47.0 Å². The number of pyridine rings is 1. The van der Waals surface area contributed by atoms with Crippen LogP contribution in [0.5, 0.6) is 11.5 Å². The molecule has 0 aliphatic rings. The van der Waals surface area contributed by atoms with Gasteiger partial charge in [0.15, 0.2) is 11.5 Å². The average Bonchev–Trinajstić information content (AvgIpc) is 2.92. The summed E-state index contributed by atoms with van der Waals surface area (Å²) in [5, 5.41) is 6.27. The zero-order chi connectivity index (χ0) is 28.5. The lowest BCUT2D eigenvalue weighted by Crippen LogP contribution is -2.22. The third kappa shape index (κ3) is 7.50. The Bertz CT molecular complexity index is 1370. The van der Waals surface area contributed by atoms with Crippen LogP contribution < -0.4 is 23.2 Å². The summed E-state index contributed by atoms with van der Waals surface area (Å²) in [4.78, 5) is 30.1. The SMILES string of the molecule is CCCC(=O)N(I)c1cc(CC)c(C)cc1NC(=O)/C=C/c1cccnc1Nc1cc(C)c(OC)c(OC)c1. The van der Waals surface area contributed by atoms with Crippen molar-refractivity contribution in [2.24, 2.45) is 0 Å². The molecule has 0 aliphatic heterocycles. The second-order valence-corrected chi connectivity index (χ2v) is 9.96. The van der Waals surface area contributed by atoms with E-state index >= 15 is 0 Å². The predicted octanol–water partition coefficient (Wildman–Crippen LogP) is 7.16. The van der Waals surface area contributed by atoms with Gasteiger partial charge in [0.2, 0.25) is 11.8 Å². The number of nitrogens with one attached hydrogen (secondary N) is 2. The van der Waals surface area contributed by atoms with Gasteiger partial charge in [-0.2, -0.15) is 0 Å². The van der Waals surface area contributed by atoms with E-state index in [2.05, 4.69) is 22.5 Å². The highest BCUT2D eigenvalue weighted by Crippen LogP contribution is 2.36. The molecule has 3 rings (SSSR count). The number of aromatic nitrogens is 1. The van der Waals surface area contributed by atoms with Gasteiger partial charge in [-0.05, 0) is 79.8 Å². The molecular weight excluding hydrogens is 607 g/mol.